The molecule has 68 valence electrons. The van der Waals surface area contributed by atoms with Crippen LogP contribution in [0, 0.1) is 0 Å². The molecule has 2 unspecified atom stereocenters. The van der Waals surface area contributed by atoms with Gasteiger partial charge in [-0.1, -0.05) is 6.08 Å². The fourth-order valence-corrected chi connectivity index (χ4v) is 2.02. The molecule has 0 bridgehead atoms. The zero-order valence-electron chi connectivity index (χ0n) is 7.96. The Kier molecular flexibility index (Phi) is 1.77. The van der Waals surface area contributed by atoms with Crippen LogP contribution in [0.5, 0.6) is 0 Å². The summed E-state index contributed by atoms with van der Waals surface area (Å²) in [7, 11) is 0. The summed E-state index contributed by atoms with van der Waals surface area (Å²) in [5.74, 6) is -0.380. The van der Waals surface area contributed by atoms with Gasteiger partial charge in [0.05, 0.1) is 6.10 Å². The molecule has 2 rings (SSSR count). The van der Waals surface area contributed by atoms with Crippen molar-refractivity contribution in [2.45, 2.75) is 51.6 Å². The van der Waals surface area contributed by atoms with E-state index in [4.69, 9.17) is 9.47 Å². The van der Waals surface area contributed by atoms with E-state index >= 15 is 0 Å². The first-order valence-corrected chi connectivity index (χ1v) is 4.61. The molecule has 0 aromatic rings. The highest BCUT2D eigenvalue weighted by atomic mass is 16.7. The minimum atomic E-state index is -0.380. The summed E-state index contributed by atoms with van der Waals surface area (Å²) in [6.07, 6.45) is 5.00. The van der Waals surface area contributed by atoms with Gasteiger partial charge in [-0.2, -0.15) is 0 Å². The van der Waals surface area contributed by atoms with Crippen molar-refractivity contribution >= 4 is 0 Å². The van der Waals surface area contributed by atoms with E-state index in [0.717, 1.165) is 12.8 Å². The van der Waals surface area contributed by atoms with Crippen LogP contribution >= 0.6 is 0 Å². The van der Waals surface area contributed by atoms with Gasteiger partial charge >= 0.3 is 0 Å². The summed E-state index contributed by atoms with van der Waals surface area (Å²) in [4.78, 5) is 0. The van der Waals surface area contributed by atoms with Crippen molar-refractivity contribution in [2.75, 3.05) is 0 Å². The second kappa shape index (κ2) is 2.57. The summed E-state index contributed by atoms with van der Waals surface area (Å²) in [6, 6.07) is 0. The fraction of sp³-hybridized carbons (Fsp3) is 0.800. The molecule has 2 nitrogen and oxygen atoms in total. The topological polar surface area (TPSA) is 18.5 Å². The van der Waals surface area contributed by atoms with Crippen LogP contribution in [-0.2, 0) is 9.47 Å². The summed E-state index contributed by atoms with van der Waals surface area (Å²) >= 11 is 0. The number of fused-ring (bicyclic) bond motifs is 1. The molecule has 0 spiro atoms. The van der Waals surface area contributed by atoms with Gasteiger partial charge in [-0.3, -0.25) is 0 Å². The number of ether oxygens (including phenoxy) is 2. The van der Waals surface area contributed by atoms with E-state index in [9.17, 15) is 0 Å². The maximum Gasteiger partial charge on any atom is 0.164 e. The normalized spacial score (nSPS) is 39.1. The largest absolute Gasteiger partial charge is 0.344 e. The Morgan fingerprint density at radius 2 is 2.17 bits per heavy atom. The molecular formula is C10H16O2. The van der Waals surface area contributed by atoms with Crippen LogP contribution in [0.2, 0.25) is 0 Å². The Balaban J connectivity index is 2.18. The van der Waals surface area contributed by atoms with Gasteiger partial charge < -0.3 is 9.47 Å². The highest BCUT2D eigenvalue weighted by molar-refractivity contribution is 5.14. The second-order valence-corrected chi connectivity index (χ2v) is 4.12. The quantitative estimate of drug-likeness (QED) is 0.516. The van der Waals surface area contributed by atoms with Gasteiger partial charge in [0.1, 0.15) is 6.10 Å². The lowest BCUT2D eigenvalue weighted by Crippen LogP contribution is -2.26. The Morgan fingerprint density at radius 3 is 2.83 bits per heavy atom. The standard InChI is InChI=1S/C10H16O2/c1-7-5-4-6-8-9(7)12-10(2,3)11-8/h5,8-9H,4,6H2,1-3H3. The van der Waals surface area contributed by atoms with E-state index in [1.165, 1.54) is 5.57 Å². The van der Waals surface area contributed by atoms with E-state index < -0.39 is 0 Å². The van der Waals surface area contributed by atoms with E-state index in [1.54, 1.807) is 0 Å². The number of allylic oxidation sites excluding steroid dienone is 1. The minimum Gasteiger partial charge on any atom is -0.344 e. The molecule has 2 atom stereocenters. The van der Waals surface area contributed by atoms with Crippen molar-refractivity contribution in [3.63, 3.8) is 0 Å². The smallest absolute Gasteiger partial charge is 0.164 e. The third kappa shape index (κ3) is 1.29. The first-order chi connectivity index (χ1) is 5.58. The Hall–Kier alpha value is -0.340. The number of rotatable bonds is 0. The summed E-state index contributed by atoms with van der Waals surface area (Å²) in [5, 5.41) is 0. The lowest BCUT2D eigenvalue weighted by atomic mass is 9.95. The SMILES string of the molecule is CC1=CCCC2OC(C)(C)OC12. The van der Waals surface area contributed by atoms with Gasteiger partial charge in [0.15, 0.2) is 5.79 Å². The molecule has 0 N–H and O–H groups in total. The molecule has 1 saturated heterocycles. The minimum absolute atomic E-state index is 0.216. The highest BCUT2D eigenvalue weighted by Gasteiger charge is 2.42. The van der Waals surface area contributed by atoms with Gasteiger partial charge in [0, 0.05) is 0 Å². The van der Waals surface area contributed by atoms with E-state index in [2.05, 4.69) is 13.0 Å². The first kappa shape index (κ1) is 8.27. The van der Waals surface area contributed by atoms with Crippen LogP contribution in [0.15, 0.2) is 11.6 Å². The lowest BCUT2D eigenvalue weighted by molar-refractivity contribution is -0.143. The molecule has 1 heterocycles. The van der Waals surface area contributed by atoms with Gasteiger partial charge in [0.25, 0.3) is 0 Å². The van der Waals surface area contributed by atoms with E-state index in [1.807, 2.05) is 13.8 Å². The molecule has 0 radical (unpaired) electrons. The average Bonchev–Trinajstić information content (AvgIpc) is 2.25. The van der Waals surface area contributed by atoms with Crippen LogP contribution < -0.4 is 0 Å². The maximum absolute atomic E-state index is 5.77. The monoisotopic (exact) mass is 168 g/mol. The summed E-state index contributed by atoms with van der Waals surface area (Å²) in [5.41, 5.74) is 1.33. The lowest BCUT2D eigenvalue weighted by Gasteiger charge is -2.21. The third-order valence-corrected chi connectivity index (χ3v) is 2.55. The second-order valence-electron chi connectivity index (χ2n) is 4.12. The van der Waals surface area contributed by atoms with Gasteiger partial charge in [-0.15, -0.1) is 0 Å². The fourth-order valence-electron chi connectivity index (χ4n) is 2.02. The molecule has 0 aromatic heterocycles. The molecule has 0 amide bonds. The van der Waals surface area contributed by atoms with Crippen LogP contribution in [0.25, 0.3) is 0 Å². The van der Waals surface area contributed by atoms with Gasteiger partial charge in [-0.25, -0.2) is 0 Å². The Bertz CT molecular complexity index is 218. The van der Waals surface area contributed by atoms with Gasteiger partial charge in [0.2, 0.25) is 0 Å². The first-order valence-electron chi connectivity index (χ1n) is 4.61. The number of hydrogen-bond donors (Lipinski definition) is 0. The van der Waals surface area contributed by atoms with Crippen LogP contribution in [0.4, 0.5) is 0 Å². The van der Waals surface area contributed by atoms with Crippen molar-refractivity contribution in [3.8, 4) is 0 Å². The van der Waals surface area contributed by atoms with Crippen molar-refractivity contribution in [2.24, 2.45) is 0 Å². The highest BCUT2D eigenvalue weighted by Crippen LogP contribution is 2.36. The van der Waals surface area contributed by atoms with Crippen LogP contribution in [0.3, 0.4) is 0 Å². The molecule has 2 heteroatoms. The predicted octanol–water partition coefficient (Wildman–Crippen LogP) is 2.25. The predicted molar refractivity (Wildman–Crippen MR) is 46.8 cm³/mol. The molecule has 0 aromatic carbocycles. The maximum atomic E-state index is 5.77. The molecule has 2 aliphatic rings. The van der Waals surface area contributed by atoms with E-state index in [0.29, 0.717) is 6.10 Å². The van der Waals surface area contributed by atoms with Crippen molar-refractivity contribution in [3.05, 3.63) is 11.6 Å². The third-order valence-electron chi connectivity index (χ3n) is 2.55. The number of hydrogen-bond acceptors (Lipinski definition) is 2. The van der Waals surface area contributed by atoms with Crippen molar-refractivity contribution in [1.82, 2.24) is 0 Å². The van der Waals surface area contributed by atoms with Crippen molar-refractivity contribution < 1.29 is 9.47 Å². The van der Waals surface area contributed by atoms with E-state index in [-0.39, 0.29) is 11.9 Å². The molecule has 1 fully saturated rings. The molecule has 0 saturated carbocycles. The van der Waals surface area contributed by atoms with Gasteiger partial charge in [-0.05, 0) is 39.2 Å². The zero-order chi connectivity index (χ0) is 8.77. The van der Waals surface area contributed by atoms with Crippen LogP contribution in [0.1, 0.15) is 33.6 Å². The Labute approximate surface area is 73.5 Å². The molecule has 12 heavy (non-hydrogen) atoms. The summed E-state index contributed by atoms with van der Waals surface area (Å²) in [6.45, 7) is 6.10. The molecule has 1 aliphatic carbocycles. The van der Waals surface area contributed by atoms with Crippen molar-refractivity contribution in [1.29, 1.82) is 0 Å². The Morgan fingerprint density at radius 1 is 1.42 bits per heavy atom. The molecular weight excluding hydrogens is 152 g/mol. The summed E-state index contributed by atoms with van der Waals surface area (Å²) < 4.78 is 11.5. The zero-order valence-corrected chi connectivity index (χ0v) is 7.96. The average molecular weight is 168 g/mol. The van der Waals surface area contributed by atoms with Crippen LogP contribution in [-0.4, -0.2) is 18.0 Å². The molecule has 1 aliphatic heterocycles.